The zero-order chi connectivity index (χ0) is 13.0. The van der Waals surface area contributed by atoms with E-state index >= 15 is 0 Å². The number of nitrogens with zero attached hydrogens (tertiary/aromatic N) is 2. The van der Waals surface area contributed by atoms with Crippen molar-refractivity contribution >= 4 is 21.6 Å². The molecule has 0 aliphatic rings. The van der Waals surface area contributed by atoms with Crippen molar-refractivity contribution in [1.82, 2.24) is 4.98 Å². The number of aromatic nitrogens is 1. The van der Waals surface area contributed by atoms with Crippen molar-refractivity contribution in [3.63, 3.8) is 0 Å². The first-order valence-corrected chi connectivity index (χ1v) is 6.01. The van der Waals surface area contributed by atoms with Crippen molar-refractivity contribution in [2.24, 2.45) is 0 Å². The molecule has 0 radical (unpaired) electrons. The molecule has 1 N–H and O–H groups in total. The molecule has 1 atom stereocenters. The molecule has 1 heterocycles. The zero-order valence-electron chi connectivity index (χ0n) is 9.27. The Labute approximate surface area is 112 Å². The van der Waals surface area contributed by atoms with Crippen LogP contribution in [-0.4, -0.2) is 4.98 Å². The largest absolute Gasteiger partial charge is 0.365 e. The fourth-order valence-corrected chi connectivity index (χ4v) is 1.91. The van der Waals surface area contributed by atoms with Crippen LogP contribution in [0, 0.1) is 17.1 Å². The van der Waals surface area contributed by atoms with Gasteiger partial charge in [0.1, 0.15) is 11.9 Å². The van der Waals surface area contributed by atoms with E-state index in [2.05, 4.69) is 26.2 Å². The van der Waals surface area contributed by atoms with Crippen LogP contribution in [0.25, 0.3) is 0 Å². The highest BCUT2D eigenvalue weighted by Gasteiger charge is 2.14. The molecule has 2 rings (SSSR count). The van der Waals surface area contributed by atoms with Gasteiger partial charge in [-0.15, -0.1) is 0 Å². The first-order chi connectivity index (χ1) is 8.70. The lowest BCUT2D eigenvalue weighted by molar-refractivity contribution is 0.607. The van der Waals surface area contributed by atoms with Crippen molar-refractivity contribution in [3.05, 3.63) is 58.6 Å². The number of pyridine rings is 1. The quantitative estimate of drug-likeness (QED) is 0.941. The molecule has 0 aliphatic carbocycles. The summed E-state index contributed by atoms with van der Waals surface area (Å²) in [4.78, 5) is 3.98. The molecule has 2 aromatic rings. The van der Waals surface area contributed by atoms with E-state index in [4.69, 9.17) is 5.26 Å². The van der Waals surface area contributed by atoms with Crippen LogP contribution in [0.1, 0.15) is 11.6 Å². The fraction of sp³-hybridized carbons (Fsp3) is 0.0769. The number of nitriles is 1. The smallest absolute Gasteiger partial charge is 0.143 e. The molecule has 90 valence electrons. The van der Waals surface area contributed by atoms with Gasteiger partial charge >= 0.3 is 0 Å². The molecular weight excluding hydrogens is 297 g/mol. The summed E-state index contributed by atoms with van der Waals surface area (Å²) in [6.07, 6.45) is 3.21. The zero-order valence-corrected chi connectivity index (χ0v) is 10.9. The summed E-state index contributed by atoms with van der Waals surface area (Å²) in [5, 5.41) is 12.1. The Bertz CT molecular complexity index is 595. The van der Waals surface area contributed by atoms with Crippen LogP contribution in [0.5, 0.6) is 0 Å². The second-order valence-corrected chi connectivity index (χ2v) is 4.54. The van der Waals surface area contributed by atoms with E-state index < -0.39 is 11.9 Å². The van der Waals surface area contributed by atoms with Crippen LogP contribution >= 0.6 is 15.9 Å². The van der Waals surface area contributed by atoms with E-state index in [9.17, 15) is 4.39 Å². The van der Waals surface area contributed by atoms with E-state index in [1.54, 1.807) is 36.7 Å². The molecule has 3 nitrogen and oxygen atoms in total. The monoisotopic (exact) mass is 305 g/mol. The second-order valence-electron chi connectivity index (χ2n) is 3.62. The number of hydrogen-bond acceptors (Lipinski definition) is 3. The number of benzene rings is 1. The third-order valence-corrected chi connectivity index (χ3v) is 2.79. The molecule has 0 unspecified atom stereocenters. The van der Waals surface area contributed by atoms with Crippen molar-refractivity contribution in [3.8, 4) is 6.07 Å². The number of nitrogens with one attached hydrogen (secondary N) is 1. The summed E-state index contributed by atoms with van der Waals surface area (Å²) in [5.74, 6) is -0.403. The molecule has 0 aliphatic heterocycles. The molecule has 0 fully saturated rings. The minimum atomic E-state index is -0.748. The summed E-state index contributed by atoms with van der Waals surface area (Å²) < 4.78 is 14.4. The number of halogens is 2. The topological polar surface area (TPSA) is 48.7 Å². The highest BCUT2D eigenvalue weighted by Crippen LogP contribution is 2.22. The van der Waals surface area contributed by atoms with E-state index in [1.807, 2.05) is 6.07 Å². The van der Waals surface area contributed by atoms with Gasteiger partial charge in [0.15, 0.2) is 0 Å². The lowest BCUT2D eigenvalue weighted by Crippen LogP contribution is -2.10. The maximum atomic E-state index is 13.6. The number of rotatable bonds is 3. The number of hydrogen-bond donors (Lipinski definition) is 1. The van der Waals surface area contributed by atoms with Gasteiger partial charge < -0.3 is 5.32 Å². The van der Waals surface area contributed by atoms with Gasteiger partial charge in [-0.1, -0.05) is 18.2 Å². The molecule has 0 saturated heterocycles. The Morgan fingerprint density at radius 1 is 1.33 bits per heavy atom. The lowest BCUT2D eigenvalue weighted by atomic mass is 10.1. The Morgan fingerprint density at radius 2 is 2.11 bits per heavy atom. The maximum Gasteiger partial charge on any atom is 0.143 e. The van der Waals surface area contributed by atoms with Gasteiger partial charge in [0.25, 0.3) is 0 Å². The van der Waals surface area contributed by atoms with Crippen LogP contribution < -0.4 is 5.32 Å². The second kappa shape index (κ2) is 5.61. The van der Waals surface area contributed by atoms with E-state index in [0.717, 1.165) is 4.47 Å². The molecule has 0 saturated carbocycles. The van der Waals surface area contributed by atoms with Crippen molar-refractivity contribution < 1.29 is 4.39 Å². The van der Waals surface area contributed by atoms with Crippen molar-refractivity contribution in [2.45, 2.75) is 6.04 Å². The normalized spacial score (nSPS) is 11.6. The van der Waals surface area contributed by atoms with E-state index in [1.165, 1.54) is 6.07 Å². The first-order valence-electron chi connectivity index (χ1n) is 5.22. The van der Waals surface area contributed by atoms with E-state index in [0.29, 0.717) is 11.3 Å². The predicted octanol–water partition coefficient (Wildman–Crippen LogP) is 3.66. The first kappa shape index (κ1) is 12.5. The molecule has 0 amide bonds. The van der Waals surface area contributed by atoms with Crippen LogP contribution in [-0.2, 0) is 0 Å². The predicted molar refractivity (Wildman–Crippen MR) is 70.3 cm³/mol. The third-order valence-electron chi connectivity index (χ3n) is 2.36. The van der Waals surface area contributed by atoms with Gasteiger partial charge in [-0.2, -0.15) is 5.26 Å². The molecule has 5 heteroatoms. The summed E-state index contributed by atoms with van der Waals surface area (Å²) in [6.45, 7) is 0. The van der Waals surface area contributed by atoms with Crippen molar-refractivity contribution in [2.75, 3.05) is 5.32 Å². The minimum Gasteiger partial charge on any atom is -0.365 e. The molecule has 1 aromatic carbocycles. The standard InChI is InChI=1S/C13H9BrFN3/c14-9-5-10(8-17-7-9)18-13(6-16)11-3-1-2-4-12(11)15/h1-5,7-8,13,18H/t13-/m0/s1. The Morgan fingerprint density at radius 3 is 2.78 bits per heavy atom. The molecule has 0 spiro atoms. The highest BCUT2D eigenvalue weighted by atomic mass is 79.9. The Balaban J connectivity index is 2.26. The average molecular weight is 306 g/mol. The van der Waals surface area contributed by atoms with Crippen LogP contribution in [0.15, 0.2) is 47.2 Å². The Kier molecular flexibility index (Phi) is 3.90. The van der Waals surface area contributed by atoms with Crippen LogP contribution in [0.2, 0.25) is 0 Å². The van der Waals surface area contributed by atoms with Crippen LogP contribution in [0.3, 0.4) is 0 Å². The lowest BCUT2D eigenvalue weighted by Gasteiger charge is -2.13. The van der Waals surface area contributed by atoms with Crippen molar-refractivity contribution in [1.29, 1.82) is 5.26 Å². The van der Waals surface area contributed by atoms with Gasteiger partial charge in [-0.25, -0.2) is 4.39 Å². The summed E-state index contributed by atoms with van der Waals surface area (Å²) in [7, 11) is 0. The molecule has 0 bridgehead atoms. The highest BCUT2D eigenvalue weighted by molar-refractivity contribution is 9.10. The summed E-state index contributed by atoms with van der Waals surface area (Å²) >= 11 is 3.29. The van der Waals surface area contributed by atoms with Crippen LogP contribution in [0.4, 0.5) is 10.1 Å². The summed E-state index contributed by atoms with van der Waals surface area (Å²) in [6, 6.07) is 9.27. The van der Waals surface area contributed by atoms with Gasteiger partial charge in [0.2, 0.25) is 0 Å². The SMILES string of the molecule is N#C[C@H](Nc1cncc(Br)c1)c1ccccc1F. The van der Waals surface area contributed by atoms with Gasteiger partial charge in [0, 0.05) is 16.2 Å². The van der Waals surface area contributed by atoms with Gasteiger partial charge in [-0.05, 0) is 28.1 Å². The fourth-order valence-electron chi connectivity index (χ4n) is 1.55. The van der Waals surface area contributed by atoms with Gasteiger partial charge in [0.05, 0.1) is 18.0 Å². The Hall–Kier alpha value is -1.93. The third kappa shape index (κ3) is 2.84. The minimum absolute atomic E-state index is 0.319. The molecule has 1 aromatic heterocycles. The van der Waals surface area contributed by atoms with Gasteiger partial charge in [-0.3, -0.25) is 4.98 Å². The van der Waals surface area contributed by atoms with E-state index in [-0.39, 0.29) is 0 Å². The maximum absolute atomic E-state index is 13.6. The molecule has 18 heavy (non-hydrogen) atoms. The molecular formula is C13H9BrFN3. The summed E-state index contributed by atoms with van der Waals surface area (Å²) in [5.41, 5.74) is 0.971. The number of anilines is 1. The average Bonchev–Trinajstić information content (AvgIpc) is 2.37.